The largest absolute Gasteiger partial charge is 0.464 e. The highest BCUT2D eigenvalue weighted by Gasteiger charge is 2.29. The highest BCUT2D eigenvalue weighted by molar-refractivity contribution is 7.89. The van der Waals surface area contributed by atoms with Gasteiger partial charge in [0.25, 0.3) is 0 Å². The van der Waals surface area contributed by atoms with E-state index in [1.807, 2.05) is 20.8 Å². The van der Waals surface area contributed by atoms with E-state index in [2.05, 4.69) is 0 Å². The highest BCUT2D eigenvalue weighted by atomic mass is 32.2. The molecule has 7 nitrogen and oxygen atoms in total. The van der Waals surface area contributed by atoms with Crippen LogP contribution in [-0.2, 0) is 27.9 Å². The van der Waals surface area contributed by atoms with E-state index in [4.69, 9.17) is 4.42 Å². The van der Waals surface area contributed by atoms with Gasteiger partial charge in [-0.15, -0.1) is 0 Å². The van der Waals surface area contributed by atoms with Crippen molar-refractivity contribution in [1.82, 2.24) is 9.21 Å². The Morgan fingerprint density at radius 2 is 1.62 bits per heavy atom. The van der Waals surface area contributed by atoms with E-state index < -0.39 is 28.3 Å². The zero-order chi connectivity index (χ0) is 28.9. The lowest BCUT2D eigenvalue weighted by molar-refractivity contribution is -0.132. The molecular weight excluding hydrogens is 531 g/mol. The van der Waals surface area contributed by atoms with Crippen LogP contribution in [0.25, 0.3) is 11.0 Å². The Bertz CT molecular complexity index is 1630. The molecule has 0 fully saturated rings. The lowest BCUT2D eigenvalue weighted by atomic mass is 10.1. The second kappa shape index (κ2) is 12.6. The minimum atomic E-state index is -3.97. The molecule has 0 N–H and O–H groups in total. The molecule has 0 unspecified atom stereocenters. The second-order valence-electron chi connectivity index (χ2n) is 10.3. The van der Waals surface area contributed by atoms with E-state index in [0.717, 1.165) is 5.56 Å². The van der Waals surface area contributed by atoms with Gasteiger partial charge in [-0.05, 0) is 61.2 Å². The Morgan fingerprint density at radius 1 is 0.950 bits per heavy atom. The van der Waals surface area contributed by atoms with Crippen LogP contribution in [0.5, 0.6) is 0 Å². The number of hydrogen-bond donors (Lipinski definition) is 0. The van der Waals surface area contributed by atoms with Gasteiger partial charge in [0.2, 0.25) is 15.9 Å². The fraction of sp³-hybridized carbons (Fsp3) is 0.290. The number of carbonyl (C=O) groups excluding carboxylic acids is 1. The van der Waals surface area contributed by atoms with Gasteiger partial charge in [0.1, 0.15) is 11.4 Å². The fourth-order valence-electron chi connectivity index (χ4n) is 4.27. The van der Waals surface area contributed by atoms with Crippen LogP contribution in [0.4, 0.5) is 4.39 Å². The SMILES string of the molecule is Cc1ccc(S(=O)(=O)N(CCC(C)C)CC(=O)N(Cc2ccc(F)cc2)Cc2coc3ccccc3c2=O)cc1. The molecule has 0 aliphatic rings. The van der Waals surface area contributed by atoms with Crippen molar-refractivity contribution < 1.29 is 22.0 Å². The molecule has 0 atom stereocenters. The maximum absolute atomic E-state index is 13.8. The van der Waals surface area contributed by atoms with Crippen LogP contribution in [0.2, 0.25) is 0 Å². The van der Waals surface area contributed by atoms with E-state index in [0.29, 0.717) is 23.0 Å². The molecule has 9 heteroatoms. The van der Waals surface area contributed by atoms with Gasteiger partial charge in [0.05, 0.1) is 35.2 Å². The average molecular weight is 565 g/mol. The van der Waals surface area contributed by atoms with E-state index in [1.165, 1.54) is 39.7 Å². The van der Waals surface area contributed by atoms with E-state index in [1.54, 1.807) is 48.5 Å². The number of aryl methyl sites for hydroxylation is 1. The maximum atomic E-state index is 13.8. The molecule has 0 saturated heterocycles. The van der Waals surface area contributed by atoms with E-state index in [-0.39, 0.29) is 41.4 Å². The lowest BCUT2D eigenvalue weighted by Gasteiger charge is -2.28. The number of benzene rings is 3. The summed E-state index contributed by atoms with van der Waals surface area (Å²) in [5, 5.41) is 0.384. The summed E-state index contributed by atoms with van der Waals surface area (Å²) in [6.07, 6.45) is 1.89. The third kappa shape index (κ3) is 7.03. The first-order valence-electron chi connectivity index (χ1n) is 13.1. The van der Waals surface area contributed by atoms with Gasteiger partial charge in [0, 0.05) is 13.1 Å². The summed E-state index contributed by atoms with van der Waals surface area (Å²) in [7, 11) is -3.97. The maximum Gasteiger partial charge on any atom is 0.243 e. The van der Waals surface area contributed by atoms with Crippen LogP contribution in [0.3, 0.4) is 0 Å². The molecule has 0 bridgehead atoms. The standard InChI is InChI=1S/C31H33FN2O5S/c1-22(2)16-17-34(40(37,38)27-14-8-23(3)9-15-27)20-30(35)33(18-24-10-12-26(32)13-11-24)19-25-21-39-29-7-5-4-6-28(29)31(25)36/h4-15,21-22H,16-20H2,1-3H3. The first-order valence-corrected chi connectivity index (χ1v) is 14.6. The molecule has 3 aromatic carbocycles. The first-order chi connectivity index (χ1) is 19.0. The molecule has 1 amide bonds. The normalized spacial score (nSPS) is 11.8. The summed E-state index contributed by atoms with van der Waals surface area (Å²) in [4.78, 5) is 28.5. The number of sulfonamides is 1. The number of para-hydroxylation sites is 1. The van der Waals surface area contributed by atoms with Crippen molar-refractivity contribution in [3.05, 3.63) is 112 Å². The molecule has 0 radical (unpaired) electrons. The molecule has 0 aliphatic heterocycles. The number of amides is 1. The van der Waals surface area contributed by atoms with Crippen LogP contribution in [0.1, 0.15) is 37.0 Å². The number of carbonyl (C=O) groups is 1. The fourth-order valence-corrected chi connectivity index (χ4v) is 5.68. The molecule has 4 rings (SSSR count). The average Bonchev–Trinajstić information content (AvgIpc) is 2.93. The topological polar surface area (TPSA) is 87.9 Å². The Hall–Kier alpha value is -3.82. The van der Waals surface area contributed by atoms with Crippen LogP contribution in [0, 0.1) is 18.7 Å². The highest BCUT2D eigenvalue weighted by Crippen LogP contribution is 2.20. The monoisotopic (exact) mass is 564 g/mol. The predicted molar refractivity (Wildman–Crippen MR) is 153 cm³/mol. The van der Waals surface area contributed by atoms with Gasteiger partial charge in [0.15, 0.2) is 5.43 Å². The third-order valence-corrected chi connectivity index (χ3v) is 8.54. The quantitative estimate of drug-likeness (QED) is 0.240. The smallest absolute Gasteiger partial charge is 0.243 e. The summed E-state index contributed by atoms with van der Waals surface area (Å²) < 4.78 is 47.6. The van der Waals surface area contributed by atoms with Crippen molar-refractivity contribution in [3.63, 3.8) is 0 Å². The molecule has 0 spiro atoms. The van der Waals surface area contributed by atoms with Crippen LogP contribution in [0.15, 0.2) is 93.2 Å². The number of halogens is 1. The Kier molecular flexibility index (Phi) is 9.17. The molecule has 1 heterocycles. The Balaban J connectivity index is 1.67. The molecule has 0 aliphatic carbocycles. The predicted octanol–water partition coefficient (Wildman–Crippen LogP) is 5.51. The Morgan fingerprint density at radius 3 is 2.30 bits per heavy atom. The molecule has 210 valence electrons. The molecule has 0 saturated carbocycles. The van der Waals surface area contributed by atoms with Crippen LogP contribution < -0.4 is 5.43 Å². The minimum absolute atomic E-state index is 0.0496. The lowest BCUT2D eigenvalue weighted by Crippen LogP contribution is -2.43. The van der Waals surface area contributed by atoms with Crippen molar-refractivity contribution in [3.8, 4) is 0 Å². The summed E-state index contributed by atoms with van der Waals surface area (Å²) >= 11 is 0. The van der Waals surface area contributed by atoms with Crippen LogP contribution in [-0.4, -0.2) is 36.6 Å². The molecular formula is C31H33FN2O5S. The Labute approximate surface area is 233 Å². The van der Waals surface area contributed by atoms with Crippen molar-refractivity contribution in [1.29, 1.82) is 0 Å². The number of hydrogen-bond acceptors (Lipinski definition) is 5. The van der Waals surface area contributed by atoms with Crippen molar-refractivity contribution in [2.75, 3.05) is 13.1 Å². The zero-order valence-corrected chi connectivity index (χ0v) is 23.7. The second-order valence-corrected chi connectivity index (χ2v) is 12.2. The van der Waals surface area contributed by atoms with E-state index >= 15 is 0 Å². The van der Waals surface area contributed by atoms with Gasteiger partial charge < -0.3 is 9.32 Å². The van der Waals surface area contributed by atoms with Crippen molar-refractivity contribution in [2.45, 2.75) is 45.2 Å². The number of fused-ring (bicyclic) bond motifs is 1. The van der Waals surface area contributed by atoms with Crippen molar-refractivity contribution >= 4 is 26.9 Å². The minimum Gasteiger partial charge on any atom is -0.464 e. The summed E-state index contributed by atoms with van der Waals surface area (Å²) in [6, 6.07) is 19.0. The first kappa shape index (κ1) is 29.2. The summed E-state index contributed by atoms with van der Waals surface area (Å²) in [5.74, 6) is -0.694. The van der Waals surface area contributed by atoms with E-state index in [9.17, 15) is 22.4 Å². The van der Waals surface area contributed by atoms with Gasteiger partial charge in [-0.1, -0.05) is 55.8 Å². The van der Waals surface area contributed by atoms with Gasteiger partial charge in [-0.2, -0.15) is 4.31 Å². The van der Waals surface area contributed by atoms with Crippen LogP contribution >= 0.6 is 0 Å². The molecule has 40 heavy (non-hydrogen) atoms. The van der Waals surface area contributed by atoms with Gasteiger partial charge in [-0.25, -0.2) is 12.8 Å². The third-order valence-electron chi connectivity index (χ3n) is 6.68. The summed E-state index contributed by atoms with van der Waals surface area (Å²) in [5.41, 5.74) is 1.96. The van der Waals surface area contributed by atoms with Gasteiger partial charge >= 0.3 is 0 Å². The molecule has 1 aromatic heterocycles. The number of nitrogens with zero attached hydrogens (tertiary/aromatic N) is 2. The van der Waals surface area contributed by atoms with Gasteiger partial charge in [-0.3, -0.25) is 9.59 Å². The zero-order valence-electron chi connectivity index (χ0n) is 22.8. The number of rotatable bonds is 11. The summed E-state index contributed by atoms with van der Waals surface area (Å²) in [6.45, 7) is 5.52. The molecule has 4 aromatic rings. The van der Waals surface area contributed by atoms with Crippen molar-refractivity contribution in [2.24, 2.45) is 5.92 Å².